The molecule has 4 rings (SSSR count). The van der Waals surface area contributed by atoms with Gasteiger partial charge in [-0.2, -0.15) is 0 Å². The summed E-state index contributed by atoms with van der Waals surface area (Å²) in [5, 5.41) is 12.0. The monoisotopic (exact) mass is 332 g/mol. The van der Waals surface area contributed by atoms with Crippen molar-refractivity contribution in [2.45, 2.75) is 24.9 Å². The van der Waals surface area contributed by atoms with Crippen molar-refractivity contribution in [3.8, 4) is 0 Å². The molecule has 0 bridgehead atoms. The Balaban J connectivity index is 1.83. The van der Waals surface area contributed by atoms with E-state index in [0.29, 0.717) is 6.42 Å². The van der Waals surface area contributed by atoms with Gasteiger partial charge >= 0.3 is 5.97 Å². The van der Waals surface area contributed by atoms with Crippen molar-refractivity contribution >= 4 is 16.7 Å². The van der Waals surface area contributed by atoms with E-state index in [1.54, 1.807) is 6.20 Å². The number of rotatable bonds is 4. The number of aliphatic carboxylic acids is 1. The van der Waals surface area contributed by atoms with Crippen LogP contribution in [0.2, 0.25) is 0 Å². The van der Waals surface area contributed by atoms with Crippen LogP contribution in [-0.4, -0.2) is 33.5 Å². The molecular weight excluding hydrogens is 312 g/mol. The standard InChI is InChI=1S/C21H20N2O2/c24-21(25)19-9-5-13-23(19)20(18-8-3-4-12-22-18)17-11-10-15-6-1-2-7-16(15)14-17/h1-4,6-8,10-12,14,19-20H,5,9,13H2,(H,24,25). The van der Waals surface area contributed by atoms with E-state index in [1.165, 1.54) is 5.39 Å². The Morgan fingerprint density at radius 1 is 1.08 bits per heavy atom. The molecule has 126 valence electrons. The molecule has 0 aliphatic carbocycles. The number of aromatic nitrogens is 1. The minimum atomic E-state index is -0.751. The summed E-state index contributed by atoms with van der Waals surface area (Å²) in [4.78, 5) is 18.3. The zero-order valence-corrected chi connectivity index (χ0v) is 13.9. The Kier molecular flexibility index (Phi) is 4.20. The second-order valence-electron chi connectivity index (χ2n) is 6.50. The van der Waals surface area contributed by atoms with Gasteiger partial charge in [0.15, 0.2) is 0 Å². The van der Waals surface area contributed by atoms with E-state index in [2.05, 4.69) is 40.2 Å². The number of pyridine rings is 1. The highest BCUT2D eigenvalue weighted by atomic mass is 16.4. The first-order chi connectivity index (χ1) is 12.2. The van der Waals surface area contributed by atoms with E-state index in [-0.39, 0.29) is 6.04 Å². The normalized spacial score (nSPS) is 19.1. The maximum atomic E-state index is 11.7. The van der Waals surface area contributed by atoms with E-state index < -0.39 is 12.0 Å². The Morgan fingerprint density at radius 2 is 1.88 bits per heavy atom. The van der Waals surface area contributed by atoms with Gasteiger partial charge in [0.2, 0.25) is 0 Å². The second kappa shape index (κ2) is 6.65. The van der Waals surface area contributed by atoms with Crippen LogP contribution in [0.15, 0.2) is 66.9 Å². The highest BCUT2D eigenvalue weighted by Crippen LogP contribution is 2.35. The lowest BCUT2D eigenvalue weighted by Crippen LogP contribution is -2.39. The van der Waals surface area contributed by atoms with E-state index in [9.17, 15) is 9.90 Å². The smallest absolute Gasteiger partial charge is 0.320 e. The summed E-state index contributed by atoms with van der Waals surface area (Å²) in [5.41, 5.74) is 1.98. The molecule has 0 radical (unpaired) electrons. The maximum Gasteiger partial charge on any atom is 0.320 e. The number of nitrogens with zero attached hydrogens (tertiary/aromatic N) is 2. The minimum Gasteiger partial charge on any atom is -0.480 e. The largest absolute Gasteiger partial charge is 0.480 e. The summed E-state index contributed by atoms with van der Waals surface area (Å²) in [5.74, 6) is -0.751. The van der Waals surface area contributed by atoms with Crippen LogP contribution >= 0.6 is 0 Å². The Labute approximate surface area is 146 Å². The van der Waals surface area contributed by atoms with E-state index in [4.69, 9.17) is 0 Å². The van der Waals surface area contributed by atoms with Crippen LogP contribution in [0.4, 0.5) is 0 Å². The molecule has 0 saturated carbocycles. The summed E-state index contributed by atoms with van der Waals surface area (Å²) >= 11 is 0. The first kappa shape index (κ1) is 15.8. The minimum absolute atomic E-state index is 0.144. The average Bonchev–Trinajstić information content (AvgIpc) is 3.12. The van der Waals surface area contributed by atoms with Crippen LogP contribution in [0.1, 0.15) is 30.1 Å². The van der Waals surface area contributed by atoms with E-state index >= 15 is 0 Å². The van der Waals surface area contributed by atoms with Crippen LogP contribution in [0.25, 0.3) is 10.8 Å². The molecule has 25 heavy (non-hydrogen) atoms. The first-order valence-electron chi connectivity index (χ1n) is 8.62. The molecule has 2 heterocycles. The lowest BCUT2D eigenvalue weighted by Gasteiger charge is -2.31. The van der Waals surface area contributed by atoms with Crippen LogP contribution < -0.4 is 0 Å². The van der Waals surface area contributed by atoms with Gasteiger partial charge in [0, 0.05) is 12.7 Å². The molecule has 1 aromatic heterocycles. The molecule has 1 aliphatic rings. The Bertz CT molecular complexity index is 895. The fraction of sp³-hybridized carbons (Fsp3) is 0.238. The lowest BCUT2D eigenvalue weighted by molar-refractivity contribution is -0.142. The number of carboxylic acid groups (broad SMARTS) is 1. The Hall–Kier alpha value is -2.72. The molecule has 2 aromatic carbocycles. The number of likely N-dealkylation sites (tertiary alicyclic amines) is 1. The van der Waals surface area contributed by atoms with Crippen molar-refractivity contribution in [1.82, 2.24) is 9.88 Å². The summed E-state index contributed by atoms with van der Waals surface area (Å²) in [6.07, 6.45) is 3.36. The lowest BCUT2D eigenvalue weighted by atomic mass is 9.97. The van der Waals surface area contributed by atoms with Crippen LogP contribution in [0.3, 0.4) is 0 Å². The fourth-order valence-electron chi connectivity index (χ4n) is 3.81. The van der Waals surface area contributed by atoms with Gasteiger partial charge in [0.1, 0.15) is 6.04 Å². The number of carbonyl (C=O) groups is 1. The predicted molar refractivity (Wildman–Crippen MR) is 97.4 cm³/mol. The van der Waals surface area contributed by atoms with Crippen LogP contribution in [0, 0.1) is 0 Å². The molecule has 0 spiro atoms. The van der Waals surface area contributed by atoms with Gasteiger partial charge < -0.3 is 5.11 Å². The molecule has 4 heteroatoms. The zero-order valence-electron chi connectivity index (χ0n) is 13.9. The quantitative estimate of drug-likeness (QED) is 0.788. The molecule has 4 nitrogen and oxygen atoms in total. The predicted octanol–water partition coefficient (Wildman–Crippen LogP) is 3.87. The summed E-state index contributed by atoms with van der Waals surface area (Å²) in [6.45, 7) is 0.769. The SMILES string of the molecule is O=C(O)C1CCCN1C(c1ccc2ccccc2c1)c1ccccn1. The first-order valence-corrected chi connectivity index (χ1v) is 8.62. The fourth-order valence-corrected chi connectivity index (χ4v) is 3.81. The van der Waals surface area contributed by atoms with Crippen molar-refractivity contribution in [3.63, 3.8) is 0 Å². The van der Waals surface area contributed by atoms with Crippen molar-refractivity contribution in [3.05, 3.63) is 78.1 Å². The third kappa shape index (κ3) is 3.01. The van der Waals surface area contributed by atoms with Crippen molar-refractivity contribution in [1.29, 1.82) is 0 Å². The van der Waals surface area contributed by atoms with E-state index in [0.717, 1.165) is 29.6 Å². The number of carboxylic acids is 1. The summed E-state index contributed by atoms with van der Waals surface area (Å²) in [7, 11) is 0. The molecular formula is C21H20N2O2. The molecule has 3 aromatic rings. The number of fused-ring (bicyclic) bond motifs is 1. The molecule has 1 saturated heterocycles. The maximum absolute atomic E-state index is 11.7. The van der Waals surface area contributed by atoms with Gasteiger partial charge in [-0.1, -0.05) is 42.5 Å². The molecule has 1 aliphatic heterocycles. The van der Waals surface area contributed by atoms with Gasteiger partial charge in [-0.15, -0.1) is 0 Å². The topological polar surface area (TPSA) is 53.4 Å². The third-order valence-corrected chi connectivity index (χ3v) is 4.97. The summed E-state index contributed by atoms with van der Waals surface area (Å²) < 4.78 is 0. The highest BCUT2D eigenvalue weighted by molar-refractivity contribution is 5.83. The average molecular weight is 332 g/mol. The molecule has 0 amide bonds. The molecule has 2 unspecified atom stereocenters. The van der Waals surface area contributed by atoms with Gasteiger partial charge in [0.25, 0.3) is 0 Å². The van der Waals surface area contributed by atoms with Gasteiger partial charge in [-0.05, 0) is 47.4 Å². The third-order valence-electron chi connectivity index (χ3n) is 4.97. The second-order valence-corrected chi connectivity index (χ2v) is 6.50. The number of hydrogen-bond acceptors (Lipinski definition) is 3. The molecule has 2 atom stereocenters. The van der Waals surface area contributed by atoms with Gasteiger partial charge in [0.05, 0.1) is 11.7 Å². The molecule has 1 fully saturated rings. The van der Waals surface area contributed by atoms with Crippen LogP contribution in [-0.2, 0) is 4.79 Å². The number of hydrogen-bond donors (Lipinski definition) is 1. The summed E-state index contributed by atoms with van der Waals surface area (Å²) in [6, 6.07) is 19.8. The zero-order chi connectivity index (χ0) is 17.2. The highest BCUT2D eigenvalue weighted by Gasteiger charge is 2.37. The number of benzene rings is 2. The van der Waals surface area contributed by atoms with Crippen molar-refractivity contribution in [2.75, 3.05) is 6.54 Å². The van der Waals surface area contributed by atoms with Gasteiger partial charge in [-0.3, -0.25) is 14.7 Å². The molecule has 1 N–H and O–H groups in total. The van der Waals surface area contributed by atoms with Crippen LogP contribution in [0.5, 0.6) is 0 Å². The van der Waals surface area contributed by atoms with Crippen molar-refractivity contribution in [2.24, 2.45) is 0 Å². The van der Waals surface area contributed by atoms with Gasteiger partial charge in [-0.25, -0.2) is 0 Å². The van der Waals surface area contributed by atoms with Crippen molar-refractivity contribution < 1.29 is 9.90 Å². The van der Waals surface area contributed by atoms with E-state index in [1.807, 2.05) is 30.3 Å². The Morgan fingerprint density at radius 3 is 2.64 bits per heavy atom.